The summed E-state index contributed by atoms with van der Waals surface area (Å²) in [6.07, 6.45) is 1.41. The second kappa shape index (κ2) is 4.09. The summed E-state index contributed by atoms with van der Waals surface area (Å²) >= 11 is 0. The maximum atomic E-state index is 10.5. The molecule has 0 aliphatic rings. The Morgan fingerprint density at radius 1 is 1.18 bits per heavy atom. The standard InChI is InChI=1S/C11H10N4O2/c12-8-2-3-10(13)9(5-8)7-1-4-11(14-6-7)15(16)17/h1-6H,12-13H2. The molecule has 0 radical (unpaired) electrons. The van der Waals surface area contributed by atoms with Crippen LogP contribution in [0.15, 0.2) is 36.5 Å². The topological polar surface area (TPSA) is 108 Å². The quantitative estimate of drug-likeness (QED) is 0.464. The summed E-state index contributed by atoms with van der Waals surface area (Å²) in [4.78, 5) is 13.6. The molecule has 6 heteroatoms. The molecule has 1 heterocycles. The van der Waals surface area contributed by atoms with Gasteiger partial charge in [-0.05, 0) is 34.2 Å². The fourth-order valence-corrected chi connectivity index (χ4v) is 1.48. The molecule has 1 aromatic heterocycles. The van der Waals surface area contributed by atoms with Crippen molar-refractivity contribution in [3.05, 3.63) is 46.6 Å². The largest absolute Gasteiger partial charge is 0.399 e. The summed E-state index contributed by atoms with van der Waals surface area (Å²) in [6.45, 7) is 0. The lowest BCUT2D eigenvalue weighted by atomic mass is 10.1. The van der Waals surface area contributed by atoms with Crippen molar-refractivity contribution in [1.82, 2.24) is 4.98 Å². The van der Waals surface area contributed by atoms with Gasteiger partial charge in [-0.3, -0.25) is 0 Å². The number of rotatable bonds is 2. The van der Waals surface area contributed by atoms with E-state index in [0.29, 0.717) is 22.5 Å². The van der Waals surface area contributed by atoms with Crippen LogP contribution in [0.5, 0.6) is 0 Å². The highest BCUT2D eigenvalue weighted by molar-refractivity contribution is 5.78. The minimum atomic E-state index is -0.549. The molecule has 17 heavy (non-hydrogen) atoms. The predicted octanol–water partition coefficient (Wildman–Crippen LogP) is 1.82. The number of nitrogen functional groups attached to an aromatic ring is 2. The molecular weight excluding hydrogens is 220 g/mol. The average molecular weight is 230 g/mol. The highest BCUT2D eigenvalue weighted by Gasteiger charge is 2.09. The lowest BCUT2D eigenvalue weighted by molar-refractivity contribution is -0.389. The lowest BCUT2D eigenvalue weighted by Gasteiger charge is -2.05. The zero-order valence-corrected chi connectivity index (χ0v) is 8.83. The molecule has 0 atom stereocenters. The van der Waals surface area contributed by atoms with Gasteiger partial charge in [0.05, 0.1) is 0 Å². The Kier molecular flexibility index (Phi) is 2.61. The van der Waals surface area contributed by atoms with Crippen molar-refractivity contribution in [2.75, 3.05) is 11.5 Å². The van der Waals surface area contributed by atoms with E-state index >= 15 is 0 Å². The smallest absolute Gasteiger partial charge is 0.363 e. The third-order valence-electron chi connectivity index (χ3n) is 2.32. The molecule has 0 spiro atoms. The van der Waals surface area contributed by atoms with Crippen LogP contribution in [0, 0.1) is 10.1 Å². The number of benzene rings is 1. The number of hydrogen-bond acceptors (Lipinski definition) is 5. The SMILES string of the molecule is Nc1ccc(N)c(-c2ccc([N+](=O)[O-])nc2)c1. The summed E-state index contributed by atoms with van der Waals surface area (Å²) in [5.74, 6) is -0.198. The molecule has 2 aromatic rings. The number of aromatic nitrogens is 1. The van der Waals surface area contributed by atoms with E-state index in [2.05, 4.69) is 4.98 Å². The minimum Gasteiger partial charge on any atom is -0.399 e. The Labute approximate surface area is 97.0 Å². The molecular formula is C11H10N4O2. The van der Waals surface area contributed by atoms with Crippen LogP contribution in [0.25, 0.3) is 11.1 Å². The summed E-state index contributed by atoms with van der Waals surface area (Å²) in [5.41, 5.74) is 14.0. The number of nitrogens with zero attached hydrogens (tertiary/aromatic N) is 2. The van der Waals surface area contributed by atoms with Crippen molar-refractivity contribution in [2.45, 2.75) is 0 Å². The van der Waals surface area contributed by atoms with Gasteiger partial charge in [-0.2, -0.15) is 0 Å². The highest BCUT2D eigenvalue weighted by Crippen LogP contribution is 2.28. The molecule has 86 valence electrons. The number of hydrogen-bond donors (Lipinski definition) is 2. The van der Waals surface area contributed by atoms with E-state index < -0.39 is 4.92 Å². The highest BCUT2D eigenvalue weighted by atomic mass is 16.6. The zero-order valence-electron chi connectivity index (χ0n) is 8.83. The Hall–Kier alpha value is -2.63. The first-order valence-electron chi connectivity index (χ1n) is 4.84. The van der Waals surface area contributed by atoms with Crippen LogP contribution in [-0.4, -0.2) is 9.91 Å². The second-order valence-corrected chi connectivity index (χ2v) is 3.51. The number of nitro groups is 1. The van der Waals surface area contributed by atoms with Crippen LogP contribution >= 0.6 is 0 Å². The van der Waals surface area contributed by atoms with Gasteiger partial charge in [0.1, 0.15) is 6.20 Å². The van der Waals surface area contributed by atoms with Crippen LogP contribution in [0.1, 0.15) is 0 Å². The van der Waals surface area contributed by atoms with Gasteiger partial charge in [0.2, 0.25) is 0 Å². The van der Waals surface area contributed by atoms with E-state index in [0.717, 1.165) is 0 Å². The molecule has 2 rings (SSSR count). The molecule has 6 nitrogen and oxygen atoms in total. The normalized spacial score (nSPS) is 10.1. The van der Waals surface area contributed by atoms with Gasteiger partial charge in [-0.15, -0.1) is 0 Å². The lowest BCUT2D eigenvalue weighted by Crippen LogP contribution is -1.95. The van der Waals surface area contributed by atoms with E-state index in [9.17, 15) is 10.1 Å². The third-order valence-corrected chi connectivity index (χ3v) is 2.32. The Morgan fingerprint density at radius 3 is 2.53 bits per heavy atom. The Morgan fingerprint density at radius 2 is 1.94 bits per heavy atom. The summed E-state index contributed by atoms with van der Waals surface area (Å²) in [5, 5.41) is 10.5. The molecule has 0 aliphatic heterocycles. The van der Waals surface area contributed by atoms with Crippen LogP contribution in [0.3, 0.4) is 0 Å². The van der Waals surface area contributed by atoms with Crippen molar-refractivity contribution < 1.29 is 4.92 Å². The zero-order chi connectivity index (χ0) is 12.4. The van der Waals surface area contributed by atoms with Gasteiger partial charge < -0.3 is 21.6 Å². The van der Waals surface area contributed by atoms with E-state index in [1.807, 2.05) is 0 Å². The first kappa shape index (κ1) is 10.9. The summed E-state index contributed by atoms with van der Waals surface area (Å²) in [7, 11) is 0. The van der Waals surface area contributed by atoms with Crippen molar-refractivity contribution in [3.63, 3.8) is 0 Å². The molecule has 0 fully saturated rings. The van der Waals surface area contributed by atoms with Gasteiger partial charge >= 0.3 is 5.82 Å². The number of anilines is 2. The predicted molar refractivity (Wildman–Crippen MR) is 65.2 cm³/mol. The minimum absolute atomic E-state index is 0.198. The van der Waals surface area contributed by atoms with E-state index in [-0.39, 0.29) is 5.82 Å². The summed E-state index contributed by atoms with van der Waals surface area (Å²) < 4.78 is 0. The van der Waals surface area contributed by atoms with Crippen LogP contribution in [0.4, 0.5) is 17.2 Å². The Bertz CT molecular complexity index is 566. The van der Waals surface area contributed by atoms with Gasteiger partial charge in [-0.25, -0.2) is 0 Å². The monoisotopic (exact) mass is 230 g/mol. The first-order chi connectivity index (χ1) is 8.08. The molecule has 0 saturated heterocycles. The second-order valence-electron chi connectivity index (χ2n) is 3.51. The number of pyridine rings is 1. The maximum absolute atomic E-state index is 10.5. The first-order valence-corrected chi connectivity index (χ1v) is 4.84. The molecule has 0 bridgehead atoms. The van der Waals surface area contributed by atoms with Crippen LogP contribution in [0.2, 0.25) is 0 Å². The molecule has 1 aromatic carbocycles. The fourth-order valence-electron chi connectivity index (χ4n) is 1.48. The molecule has 0 aliphatic carbocycles. The maximum Gasteiger partial charge on any atom is 0.363 e. The van der Waals surface area contributed by atoms with Gasteiger partial charge in [-0.1, -0.05) is 0 Å². The van der Waals surface area contributed by atoms with Crippen molar-refractivity contribution in [1.29, 1.82) is 0 Å². The third kappa shape index (κ3) is 2.15. The molecule has 0 amide bonds. The van der Waals surface area contributed by atoms with Gasteiger partial charge in [0.15, 0.2) is 0 Å². The van der Waals surface area contributed by atoms with E-state index in [1.165, 1.54) is 12.3 Å². The molecule has 4 N–H and O–H groups in total. The van der Waals surface area contributed by atoms with Crippen molar-refractivity contribution in [3.8, 4) is 11.1 Å². The average Bonchev–Trinajstić information content (AvgIpc) is 2.32. The fraction of sp³-hybridized carbons (Fsp3) is 0. The van der Waals surface area contributed by atoms with Crippen LogP contribution < -0.4 is 11.5 Å². The number of nitrogens with two attached hydrogens (primary N) is 2. The van der Waals surface area contributed by atoms with Crippen molar-refractivity contribution in [2.24, 2.45) is 0 Å². The summed E-state index contributed by atoms with van der Waals surface area (Å²) in [6, 6.07) is 8.01. The van der Waals surface area contributed by atoms with Crippen molar-refractivity contribution >= 4 is 17.2 Å². The molecule has 0 saturated carbocycles. The Balaban J connectivity index is 2.46. The molecule has 0 unspecified atom stereocenters. The van der Waals surface area contributed by atoms with E-state index in [1.54, 1.807) is 24.3 Å². The van der Waals surface area contributed by atoms with Gasteiger partial charge in [0.25, 0.3) is 0 Å². The van der Waals surface area contributed by atoms with Crippen LogP contribution in [-0.2, 0) is 0 Å². The van der Waals surface area contributed by atoms with Gasteiger partial charge in [0, 0.05) is 28.6 Å². The van der Waals surface area contributed by atoms with E-state index in [4.69, 9.17) is 11.5 Å².